The largest absolute Gasteiger partial charge is 0.469 e. The van der Waals surface area contributed by atoms with Crippen molar-refractivity contribution in [3.8, 4) is 6.26 Å². The Hall–Kier alpha value is -0.600. The average Bonchev–Trinajstić information content (AvgIpc) is 1.78. The fourth-order valence-electron chi connectivity index (χ4n) is 0.243. The molecular formula is C3H6NO5P. The Morgan fingerprint density at radius 3 is 2.50 bits per heavy atom. The number of rotatable bonds is 4. The molecule has 0 heterocycles. The van der Waals surface area contributed by atoms with Crippen LogP contribution in [0, 0.1) is 11.5 Å². The summed E-state index contributed by atoms with van der Waals surface area (Å²) >= 11 is 0. The summed E-state index contributed by atoms with van der Waals surface area (Å²) in [6, 6.07) is 0. The van der Waals surface area contributed by atoms with E-state index >= 15 is 0 Å². The van der Waals surface area contributed by atoms with Gasteiger partial charge in [-0.25, -0.2) is 4.57 Å². The highest BCUT2D eigenvalue weighted by molar-refractivity contribution is 7.46. The summed E-state index contributed by atoms with van der Waals surface area (Å²) < 4.78 is 17.9. The summed E-state index contributed by atoms with van der Waals surface area (Å²) in [5.41, 5.74) is 0. The molecule has 0 aliphatic heterocycles. The zero-order chi connectivity index (χ0) is 8.04. The van der Waals surface area contributed by atoms with Crippen LogP contribution in [-0.4, -0.2) is 23.0 Å². The van der Waals surface area contributed by atoms with Crippen LogP contribution < -0.4 is 0 Å². The van der Waals surface area contributed by atoms with Gasteiger partial charge in [-0.05, 0) is 0 Å². The molecule has 58 valence electrons. The first-order chi connectivity index (χ1) is 4.56. The molecule has 0 fully saturated rings. The Morgan fingerprint density at radius 2 is 2.10 bits per heavy atom. The fourth-order valence-corrected chi connectivity index (χ4v) is 0.556. The molecule has 0 atom stereocenters. The van der Waals surface area contributed by atoms with Crippen molar-refractivity contribution in [3.05, 3.63) is 0 Å². The van der Waals surface area contributed by atoms with Gasteiger partial charge in [0.1, 0.15) is 6.61 Å². The zero-order valence-corrected chi connectivity index (χ0v) is 5.82. The Balaban J connectivity index is 3.23. The third-order valence-electron chi connectivity index (χ3n) is 0.509. The van der Waals surface area contributed by atoms with E-state index in [-0.39, 0.29) is 13.2 Å². The molecule has 7 heteroatoms. The van der Waals surface area contributed by atoms with Gasteiger partial charge in [-0.3, -0.25) is 4.52 Å². The fraction of sp³-hybridized carbons (Fsp3) is 0.667. The highest BCUT2D eigenvalue weighted by Crippen LogP contribution is 2.35. The van der Waals surface area contributed by atoms with Crippen molar-refractivity contribution < 1.29 is 23.6 Å². The van der Waals surface area contributed by atoms with Crippen LogP contribution in [0.5, 0.6) is 0 Å². The van der Waals surface area contributed by atoms with Gasteiger partial charge in [-0.15, -0.1) is 0 Å². The van der Waals surface area contributed by atoms with Crippen LogP contribution in [0.1, 0.15) is 0 Å². The third kappa shape index (κ3) is 7.40. The minimum atomic E-state index is -4.40. The molecule has 0 amide bonds. The Kier molecular flexibility index (Phi) is 4.00. The van der Waals surface area contributed by atoms with E-state index < -0.39 is 7.82 Å². The summed E-state index contributed by atoms with van der Waals surface area (Å²) in [5.74, 6) is 0. The zero-order valence-electron chi connectivity index (χ0n) is 4.93. The number of nitrogens with zero attached hydrogens (tertiary/aromatic N) is 1. The molecule has 0 aromatic heterocycles. The quantitative estimate of drug-likeness (QED) is 0.335. The number of phosphoric acid groups is 1. The third-order valence-corrected chi connectivity index (χ3v) is 1.03. The number of ether oxygens (including phenoxy) is 1. The van der Waals surface area contributed by atoms with E-state index in [2.05, 4.69) is 9.26 Å². The lowest BCUT2D eigenvalue weighted by Crippen LogP contribution is -1.98. The summed E-state index contributed by atoms with van der Waals surface area (Å²) in [4.78, 5) is 16.1. The molecule has 0 spiro atoms. The molecule has 6 nitrogen and oxygen atoms in total. The molecule has 0 radical (unpaired) electrons. The maximum absolute atomic E-state index is 9.93. The topological polar surface area (TPSA) is 99.8 Å². The Labute approximate surface area is 57.2 Å². The van der Waals surface area contributed by atoms with Crippen LogP contribution in [0.4, 0.5) is 0 Å². The predicted molar refractivity (Wildman–Crippen MR) is 29.6 cm³/mol. The van der Waals surface area contributed by atoms with E-state index in [4.69, 9.17) is 15.0 Å². The standard InChI is InChI=1S/C3H6NO5P/c4-3-8-1-2-9-10(5,6)7/h1-2H2,(H2,5,6,7). The predicted octanol–water partition coefficient (Wildman–Crippen LogP) is -0.407. The van der Waals surface area contributed by atoms with E-state index in [1.54, 1.807) is 0 Å². The highest BCUT2D eigenvalue weighted by atomic mass is 31.2. The average molecular weight is 167 g/mol. The summed E-state index contributed by atoms with van der Waals surface area (Å²) in [6.45, 7) is -0.445. The lowest BCUT2D eigenvalue weighted by atomic mass is 10.8. The second-order valence-electron chi connectivity index (χ2n) is 1.26. The number of phosphoric ester groups is 1. The lowest BCUT2D eigenvalue weighted by molar-refractivity contribution is 0.147. The van der Waals surface area contributed by atoms with Crippen molar-refractivity contribution in [2.45, 2.75) is 0 Å². The highest BCUT2D eigenvalue weighted by Gasteiger charge is 2.12. The minimum absolute atomic E-state index is 0.151. The van der Waals surface area contributed by atoms with Gasteiger partial charge in [-0.2, -0.15) is 5.26 Å². The molecule has 0 saturated carbocycles. The number of hydrogen-bond acceptors (Lipinski definition) is 4. The van der Waals surface area contributed by atoms with Crippen LogP contribution in [0.15, 0.2) is 0 Å². The van der Waals surface area contributed by atoms with Crippen LogP contribution in [-0.2, 0) is 13.8 Å². The van der Waals surface area contributed by atoms with Crippen LogP contribution in [0.25, 0.3) is 0 Å². The molecule has 10 heavy (non-hydrogen) atoms. The first-order valence-corrected chi connectivity index (χ1v) is 3.80. The second kappa shape index (κ2) is 4.25. The molecular weight excluding hydrogens is 161 g/mol. The first kappa shape index (κ1) is 9.40. The van der Waals surface area contributed by atoms with Crippen LogP contribution in [0.2, 0.25) is 0 Å². The second-order valence-corrected chi connectivity index (χ2v) is 2.50. The molecule has 0 aliphatic rings. The normalized spacial score (nSPS) is 10.5. The summed E-state index contributed by atoms with van der Waals surface area (Å²) in [7, 11) is -4.40. The van der Waals surface area contributed by atoms with Crippen LogP contribution in [0.3, 0.4) is 0 Å². The van der Waals surface area contributed by atoms with Gasteiger partial charge < -0.3 is 14.5 Å². The van der Waals surface area contributed by atoms with Crippen molar-refractivity contribution >= 4 is 7.82 Å². The lowest BCUT2D eigenvalue weighted by Gasteiger charge is -2.01. The Morgan fingerprint density at radius 1 is 1.50 bits per heavy atom. The molecule has 0 aromatic rings. The van der Waals surface area contributed by atoms with Crippen molar-refractivity contribution in [3.63, 3.8) is 0 Å². The summed E-state index contributed by atoms with van der Waals surface area (Å²) in [6.07, 6.45) is 1.32. The van der Waals surface area contributed by atoms with E-state index in [1.165, 1.54) is 6.26 Å². The van der Waals surface area contributed by atoms with E-state index in [1.807, 2.05) is 0 Å². The maximum atomic E-state index is 9.93. The van der Waals surface area contributed by atoms with Crippen molar-refractivity contribution in [1.82, 2.24) is 0 Å². The van der Waals surface area contributed by atoms with E-state index in [9.17, 15) is 4.57 Å². The first-order valence-electron chi connectivity index (χ1n) is 2.27. The van der Waals surface area contributed by atoms with E-state index in [0.717, 1.165) is 0 Å². The molecule has 0 aromatic carbocycles. The van der Waals surface area contributed by atoms with Crippen molar-refractivity contribution in [1.29, 1.82) is 5.26 Å². The monoisotopic (exact) mass is 167 g/mol. The van der Waals surface area contributed by atoms with Gasteiger partial charge >= 0.3 is 7.82 Å². The Bertz CT molecular complexity index is 168. The van der Waals surface area contributed by atoms with Gasteiger partial charge in [0.05, 0.1) is 6.61 Å². The van der Waals surface area contributed by atoms with Gasteiger partial charge in [-0.1, -0.05) is 0 Å². The van der Waals surface area contributed by atoms with Crippen LogP contribution >= 0.6 is 7.82 Å². The molecule has 2 N–H and O–H groups in total. The van der Waals surface area contributed by atoms with Crippen molar-refractivity contribution in [2.75, 3.05) is 13.2 Å². The minimum Gasteiger partial charge on any atom is -0.425 e. The smallest absolute Gasteiger partial charge is 0.425 e. The number of hydrogen-bond donors (Lipinski definition) is 2. The molecule has 0 aliphatic carbocycles. The van der Waals surface area contributed by atoms with E-state index in [0.29, 0.717) is 0 Å². The molecule has 0 saturated heterocycles. The van der Waals surface area contributed by atoms with Gasteiger partial charge in [0.15, 0.2) is 0 Å². The van der Waals surface area contributed by atoms with Crippen molar-refractivity contribution in [2.24, 2.45) is 0 Å². The SMILES string of the molecule is N#COCCOP(=O)(O)O. The number of nitriles is 1. The molecule has 0 unspecified atom stereocenters. The molecule has 0 bridgehead atoms. The van der Waals surface area contributed by atoms with Gasteiger partial charge in [0.25, 0.3) is 6.26 Å². The molecule has 0 rings (SSSR count). The summed E-state index contributed by atoms with van der Waals surface area (Å²) in [5, 5.41) is 7.77. The van der Waals surface area contributed by atoms with Gasteiger partial charge in [0.2, 0.25) is 0 Å². The van der Waals surface area contributed by atoms with Gasteiger partial charge in [0, 0.05) is 0 Å². The maximum Gasteiger partial charge on any atom is 0.469 e.